The van der Waals surface area contributed by atoms with E-state index in [2.05, 4.69) is 43.4 Å². The molecule has 19 heavy (non-hydrogen) atoms. The van der Waals surface area contributed by atoms with E-state index in [1.54, 1.807) is 0 Å². The van der Waals surface area contributed by atoms with Gasteiger partial charge in [0.15, 0.2) is 0 Å². The van der Waals surface area contributed by atoms with Gasteiger partial charge in [-0.1, -0.05) is 57.0 Å². The second-order valence-electron chi connectivity index (χ2n) is 5.47. The van der Waals surface area contributed by atoms with Gasteiger partial charge in [-0.05, 0) is 24.3 Å². The van der Waals surface area contributed by atoms with Crippen molar-refractivity contribution in [2.24, 2.45) is 11.7 Å². The summed E-state index contributed by atoms with van der Waals surface area (Å²) in [5.74, 6) is 0.469. The molecule has 0 saturated carbocycles. The zero-order valence-electron chi connectivity index (χ0n) is 12.4. The maximum Gasteiger partial charge on any atom is 0.237 e. The van der Waals surface area contributed by atoms with E-state index in [1.807, 2.05) is 13.8 Å². The molecule has 1 amide bonds. The lowest BCUT2D eigenvalue weighted by atomic mass is 9.98. The van der Waals surface area contributed by atoms with Crippen molar-refractivity contribution in [2.75, 3.05) is 6.54 Å². The summed E-state index contributed by atoms with van der Waals surface area (Å²) in [6.07, 6.45) is 0.919. The van der Waals surface area contributed by atoms with E-state index in [0.29, 0.717) is 12.5 Å². The number of nitrogens with two attached hydrogens (primary N) is 1. The summed E-state index contributed by atoms with van der Waals surface area (Å²) in [6.45, 7) is 8.87. The fraction of sp³-hybridized carbons (Fsp3) is 0.562. The number of amides is 1. The van der Waals surface area contributed by atoms with E-state index >= 15 is 0 Å². The molecule has 0 radical (unpaired) electrons. The molecule has 0 aliphatic carbocycles. The molecule has 0 aliphatic heterocycles. The fourth-order valence-corrected chi connectivity index (χ4v) is 1.90. The molecular formula is C16H26N2O. The average Bonchev–Trinajstić information content (AvgIpc) is 2.43. The van der Waals surface area contributed by atoms with Gasteiger partial charge in [-0.2, -0.15) is 0 Å². The first-order valence-corrected chi connectivity index (χ1v) is 7.05. The molecule has 0 heterocycles. The minimum atomic E-state index is -0.407. The highest BCUT2D eigenvalue weighted by molar-refractivity contribution is 5.81. The summed E-state index contributed by atoms with van der Waals surface area (Å²) < 4.78 is 0. The van der Waals surface area contributed by atoms with Crippen LogP contribution in [-0.2, 0) is 4.79 Å². The van der Waals surface area contributed by atoms with Crippen LogP contribution in [-0.4, -0.2) is 18.5 Å². The minimum absolute atomic E-state index is 0.0479. The van der Waals surface area contributed by atoms with Crippen LogP contribution in [0.4, 0.5) is 0 Å². The van der Waals surface area contributed by atoms with Gasteiger partial charge in [-0.15, -0.1) is 0 Å². The molecule has 0 aliphatic rings. The molecule has 3 heteroatoms. The molecule has 1 aromatic rings. The maximum atomic E-state index is 11.9. The molecule has 0 aromatic heterocycles. The predicted molar refractivity (Wildman–Crippen MR) is 80.0 cm³/mol. The van der Waals surface area contributed by atoms with Crippen LogP contribution in [0.15, 0.2) is 24.3 Å². The van der Waals surface area contributed by atoms with Gasteiger partial charge in [-0.25, -0.2) is 0 Å². The van der Waals surface area contributed by atoms with Crippen LogP contribution in [0.3, 0.4) is 0 Å². The lowest BCUT2D eigenvalue weighted by molar-refractivity contribution is -0.123. The number of nitrogens with one attached hydrogen (secondary N) is 1. The number of benzene rings is 1. The molecule has 1 aromatic carbocycles. The van der Waals surface area contributed by atoms with Crippen LogP contribution in [0.1, 0.15) is 44.2 Å². The second-order valence-corrected chi connectivity index (χ2v) is 5.47. The van der Waals surface area contributed by atoms with Gasteiger partial charge >= 0.3 is 0 Å². The van der Waals surface area contributed by atoms with Crippen molar-refractivity contribution in [3.63, 3.8) is 0 Å². The molecule has 3 nitrogen and oxygen atoms in total. The number of rotatable bonds is 6. The number of carbonyl (C=O) groups is 1. The summed E-state index contributed by atoms with van der Waals surface area (Å²) in [5, 5.41) is 2.95. The summed E-state index contributed by atoms with van der Waals surface area (Å²) in [4.78, 5) is 11.9. The molecule has 0 bridgehead atoms. The van der Waals surface area contributed by atoms with Crippen molar-refractivity contribution in [3.8, 4) is 0 Å². The van der Waals surface area contributed by atoms with E-state index in [1.165, 1.54) is 11.1 Å². The number of aryl methyl sites for hydroxylation is 1. The van der Waals surface area contributed by atoms with Crippen LogP contribution < -0.4 is 11.1 Å². The van der Waals surface area contributed by atoms with Gasteiger partial charge in [0.1, 0.15) is 0 Å². The summed E-state index contributed by atoms with van der Waals surface area (Å²) in [6, 6.07) is 8.01. The second kappa shape index (κ2) is 7.29. The fourth-order valence-electron chi connectivity index (χ4n) is 1.90. The Labute approximate surface area is 116 Å². The number of carbonyl (C=O) groups excluding carboxylic acids is 1. The molecule has 0 spiro atoms. The van der Waals surface area contributed by atoms with Crippen LogP contribution >= 0.6 is 0 Å². The Morgan fingerprint density at radius 3 is 2.37 bits per heavy atom. The minimum Gasteiger partial charge on any atom is -0.354 e. The molecule has 3 atom stereocenters. The molecule has 106 valence electrons. The van der Waals surface area contributed by atoms with Gasteiger partial charge in [0.2, 0.25) is 5.91 Å². The summed E-state index contributed by atoms with van der Waals surface area (Å²) in [7, 11) is 0. The first-order valence-electron chi connectivity index (χ1n) is 7.05. The van der Waals surface area contributed by atoms with E-state index in [0.717, 1.165) is 6.42 Å². The molecule has 0 saturated heterocycles. The third-order valence-corrected chi connectivity index (χ3v) is 3.79. The standard InChI is InChI=1S/C16H26N2O/c1-5-12(3)15(17)16(19)18-10-13(4)14-8-6-11(2)7-9-14/h6-9,12-13,15H,5,10,17H2,1-4H3,(H,18,19). The van der Waals surface area contributed by atoms with E-state index in [9.17, 15) is 4.79 Å². The average molecular weight is 262 g/mol. The van der Waals surface area contributed by atoms with Gasteiger partial charge < -0.3 is 11.1 Å². The first kappa shape index (κ1) is 15.7. The molecule has 0 fully saturated rings. The predicted octanol–water partition coefficient (Wildman–Crippen LogP) is 2.59. The van der Waals surface area contributed by atoms with Crippen molar-refractivity contribution in [1.29, 1.82) is 0 Å². The van der Waals surface area contributed by atoms with Crippen molar-refractivity contribution >= 4 is 5.91 Å². The van der Waals surface area contributed by atoms with Crippen molar-refractivity contribution in [3.05, 3.63) is 35.4 Å². The third kappa shape index (κ3) is 4.67. The third-order valence-electron chi connectivity index (χ3n) is 3.79. The Morgan fingerprint density at radius 2 is 1.84 bits per heavy atom. The van der Waals surface area contributed by atoms with E-state index in [-0.39, 0.29) is 11.8 Å². The van der Waals surface area contributed by atoms with Crippen LogP contribution in [0.5, 0.6) is 0 Å². The van der Waals surface area contributed by atoms with Crippen LogP contribution in [0.2, 0.25) is 0 Å². The smallest absolute Gasteiger partial charge is 0.237 e. The normalized spacial score (nSPS) is 15.6. The molecule has 3 N–H and O–H groups in total. The van der Waals surface area contributed by atoms with Crippen molar-refractivity contribution in [1.82, 2.24) is 5.32 Å². The highest BCUT2D eigenvalue weighted by Gasteiger charge is 2.19. The Balaban J connectivity index is 2.48. The van der Waals surface area contributed by atoms with Crippen LogP contribution in [0, 0.1) is 12.8 Å². The lowest BCUT2D eigenvalue weighted by Gasteiger charge is -2.19. The van der Waals surface area contributed by atoms with Crippen LogP contribution in [0.25, 0.3) is 0 Å². The molecule has 3 unspecified atom stereocenters. The van der Waals surface area contributed by atoms with Crippen molar-refractivity contribution in [2.45, 2.75) is 46.1 Å². The van der Waals surface area contributed by atoms with Gasteiger partial charge in [0.05, 0.1) is 6.04 Å². The van der Waals surface area contributed by atoms with E-state index < -0.39 is 6.04 Å². The number of hydrogen-bond acceptors (Lipinski definition) is 2. The zero-order chi connectivity index (χ0) is 14.4. The van der Waals surface area contributed by atoms with Gasteiger partial charge in [0.25, 0.3) is 0 Å². The monoisotopic (exact) mass is 262 g/mol. The SMILES string of the molecule is CCC(C)C(N)C(=O)NCC(C)c1ccc(C)cc1. The highest BCUT2D eigenvalue weighted by Crippen LogP contribution is 2.15. The lowest BCUT2D eigenvalue weighted by Crippen LogP contribution is -2.45. The molecular weight excluding hydrogens is 236 g/mol. The Hall–Kier alpha value is -1.35. The first-order chi connectivity index (χ1) is 8.95. The maximum absolute atomic E-state index is 11.9. The molecule has 1 rings (SSSR count). The Bertz CT molecular complexity index is 400. The number of hydrogen-bond donors (Lipinski definition) is 2. The van der Waals surface area contributed by atoms with E-state index in [4.69, 9.17) is 5.73 Å². The Morgan fingerprint density at radius 1 is 1.26 bits per heavy atom. The quantitative estimate of drug-likeness (QED) is 0.828. The highest BCUT2D eigenvalue weighted by atomic mass is 16.2. The summed E-state index contributed by atoms with van der Waals surface area (Å²) >= 11 is 0. The summed E-state index contributed by atoms with van der Waals surface area (Å²) in [5.41, 5.74) is 8.39. The topological polar surface area (TPSA) is 55.1 Å². The Kier molecular flexibility index (Phi) is 6.03. The van der Waals surface area contributed by atoms with Crippen molar-refractivity contribution < 1.29 is 4.79 Å². The largest absolute Gasteiger partial charge is 0.354 e. The zero-order valence-corrected chi connectivity index (χ0v) is 12.4. The van der Waals surface area contributed by atoms with Gasteiger partial charge in [0, 0.05) is 6.54 Å². The van der Waals surface area contributed by atoms with Gasteiger partial charge in [-0.3, -0.25) is 4.79 Å².